The Kier molecular flexibility index (Phi) is 5.69. The van der Waals surface area contributed by atoms with Gasteiger partial charge in [-0.2, -0.15) is 0 Å². The Morgan fingerprint density at radius 3 is 2.59 bits per heavy atom. The monoisotopic (exact) mass is 390 g/mol. The van der Waals surface area contributed by atoms with Gasteiger partial charge in [0.25, 0.3) is 0 Å². The standard InChI is InChI=1S/C20H23FN2O3S/c1-5-15-18(24)23-17(13-6-8-14(21)9-7-13)16(12(4)22-20(23)27-15)19(25)26-10-11(2)3/h6-9,11,15,17H,5,10H2,1-4H3/t15-,17-/m1/s1. The zero-order valence-electron chi connectivity index (χ0n) is 15.9. The Morgan fingerprint density at radius 1 is 1.33 bits per heavy atom. The van der Waals surface area contributed by atoms with Gasteiger partial charge in [-0.1, -0.05) is 44.7 Å². The van der Waals surface area contributed by atoms with Crippen LogP contribution in [0.3, 0.4) is 0 Å². The summed E-state index contributed by atoms with van der Waals surface area (Å²) in [6.45, 7) is 7.88. The lowest BCUT2D eigenvalue weighted by Crippen LogP contribution is -2.41. The van der Waals surface area contributed by atoms with E-state index in [0.29, 0.717) is 28.4 Å². The molecule has 0 saturated carbocycles. The van der Waals surface area contributed by atoms with Gasteiger partial charge in [-0.3, -0.25) is 9.69 Å². The number of amidine groups is 1. The Balaban J connectivity index is 2.06. The first-order valence-corrected chi connectivity index (χ1v) is 9.93. The predicted molar refractivity (Wildman–Crippen MR) is 104 cm³/mol. The maximum atomic E-state index is 13.4. The van der Waals surface area contributed by atoms with Crippen LogP contribution in [0.25, 0.3) is 0 Å². The number of hydrogen-bond donors (Lipinski definition) is 0. The molecule has 144 valence electrons. The largest absolute Gasteiger partial charge is 0.462 e. The van der Waals surface area contributed by atoms with E-state index >= 15 is 0 Å². The van der Waals surface area contributed by atoms with Gasteiger partial charge >= 0.3 is 5.97 Å². The van der Waals surface area contributed by atoms with Crippen molar-refractivity contribution >= 4 is 28.8 Å². The fourth-order valence-electron chi connectivity index (χ4n) is 3.13. The van der Waals surface area contributed by atoms with E-state index in [-0.39, 0.29) is 29.5 Å². The van der Waals surface area contributed by atoms with Gasteiger partial charge in [-0.15, -0.1) is 0 Å². The quantitative estimate of drug-likeness (QED) is 0.712. The molecule has 0 bridgehead atoms. The molecule has 27 heavy (non-hydrogen) atoms. The third kappa shape index (κ3) is 3.78. The van der Waals surface area contributed by atoms with E-state index in [1.807, 2.05) is 20.8 Å². The van der Waals surface area contributed by atoms with Crippen molar-refractivity contribution in [3.8, 4) is 0 Å². The van der Waals surface area contributed by atoms with Gasteiger partial charge in [0.1, 0.15) is 5.82 Å². The lowest BCUT2D eigenvalue weighted by molar-refractivity contribution is -0.141. The molecule has 0 N–H and O–H groups in total. The number of nitrogens with zero attached hydrogens (tertiary/aromatic N) is 2. The molecule has 1 saturated heterocycles. The molecular formula is C20H23FN2O3S. The van der Waals surface area contributed by atoms with Crippen molar-refractivity contribution in [2.45, 2.75) is 45.4 Å². The van der Waals surface area contributed by atoms with Crippen molar-refractivity contribution in [3.63, 3.8) is 0 Å². The van der Waals surface area contributed by atoms with E-state index in [4.69, 9.17) is 4.74 Å². The van der Waals surface area contributed by atoms with Crippen molar-refractivity contribution in [2.24, 2.45) is 10.9 Å². The molecule has 5 nitrogen and oxygen atoms in total. The van der Waals surface area contributed by atoms with Crippen LogP contribution < -0.4 is 0 Å². The minimum absolute atomic E-state index is 0.0859. The highest BCUT2D eigenvalue weighted by molar-refractivity contribution is 8.15. The molecule has 0 unspecified atom stereocenters. The Labute approximate surface area is 162 Å². The van der Waals surface area contributed by atoms with Crippen LogP contribution in [0, 0.1) is 11.7 Å². The van der Waals surface area contributed by atoms with Crippen molar-refractivity contribution < 1.29 is 18.7 Å². The number of rotatable bonds is 5. The summed E-state index contributed by atoms with van der Waals surface area (Å²) in [6.07, 6.45) is 0.668. The van der Waals surface area contributed by atoms with Crippen LogP contribution in [0.5, 0.6) is 0 Å². The van der Waals surface area contributed by atoms with Gasteiger partial charge in [0.05, 0.1) is 29.2 Å². The molecule has 0 aliphatic carbocycles. The van der Waals surface area contributed by atoms with E-state index < -0.39 is 12.0 Å². The fraction of sp³-hybridized carbons (Fsp3) is 0.450. The Bertz CT molecular complexity index is 817. The minimum atomic E-state index is -0.658. The zero-order valence-corrected chi connectivity index (χ0v) is 16.7. The number of benzene rings is 1. The van der Waals surface area contributed by atoms with Crippen molar-refractivity contribution in [1.29, 1.82) is 0 Å². The number of esters is 1. The van der Waals surface area contributed by atoms with Gasteiger partial charge < -0.3 is 4.74 Å². The van der Waals surface area contributed by atoms with Crippen LogP contribution in [0.4, 0.5) is 4.39 Å². The highest BCUT2D eigenvalue weighted by Crippen LogP contribution is 2.44. The van der Waals surface area contributed by atoms with Crippen LogP contribution in [0.2, 0.25) is 0 Å². The van der Waals surface area contributed by atoms with Crippen molar-refractivity contribution in [1.82, 2.24) is 4.90 Å². The third-order valence-electron chi connectivity index (χ3n) is 4.48. The lowest BCUT2D eigenvalue weighted by Gasteiger charge is -2.33. The molecule has 1 aromatic carbocycles. The van der Waals surface area contributed by atoms with E-state index in [0.717, 1.165) is 0 Å². The first kappa shape index (κ1) is 19.6. The number of carbonyl (C=O) groups excluding carboxylic acids is 2. The van der Waals surface area contributed by atoms with Crippen LogP contribution >= 0.6 is 11.8 Å². The molecule has 0 radical (unpaired) electrons. The smallest absolute Gasteiger partial charge is 0.338 e. The number of ether oxygens (including phenoxy) is 1. The molecule has 2 atom stereocenters. The second-order valence-corrected chi connectivity index (χ2v) is 8.23. The average molecular weight is 390 g/mol. The Morgan fingerprint density at radius 2 is 2.00 bits per heavy atom. The van der Waals surface area contributed by atoms with Crippen molar-refractivity contribution in [3.05, 3.63) is 46.9 Å². The number of carbonyl (C=O) groups is 2. The number of thioether (sulfide) groups is 1. The molecule has 2 heterocycles. The molecular weight excluding hydrogens is 367 g/mol. The van der Waals surface area contributed by atoms with Crippen LogP contribution in [-0.4, -0.2) is 33.8 Å². The van der Waals surface area contributed by atoms with Crippen LogP contribution in [0.1, 0.15) is 45.7 Å². The first-order chi connectivity index (χ1) is 12.8. The third-order valence-corrected chi connectivity index (χ3v) is 5.79. The number of fused-ring (bicyclic) bond motifs is 1. The normalized spacial score (nSPS) is 22.2. The maximum absolute atomic E-state index is 13.4. The number of hydrogen-bond acceptors (Lipinski definition) is 5. The Hall–Kier alpha value is -2.15. The lowest BCUT2D eigenvalue weighted by atomic mass is 9.94. The average Bonchev–Trinajstić information content (AvgIpc) is 2.94. The van der Waals surface area contributed by atoms with Gasteiger partial charge in [0.2, 0.25) is 5.91 Å². The van der Waals surface area contributed by atoms with E-state index in [2.05, 4.69) is 4.99 Å². The van der Waals surface area contributed by atoms with E-state index in [9.17, 15) is 14.0 Å². The molecule has 0 aromatic heterocycles. The number of aliphatic imine (C=N–C) groups is 1. The molecule has 7 heteroatoms. The van der Waals surface area contributed by atoms with Gasteiger partial charge in [0.15, 0.2) is 5.17 Å². The summed E-state index contributed by atoms with van der Waals surface area (Å²) in [5, 5.41) is 0.351. The summed E-state index contributed by atoms with van der Waals surface area (Å²) in [5.41, 5.74) is 1.52. The van der Waals surface area contributed by atoms with Gasteiger partial charge in [-0.05, 0) is 37.0 Å². The van der Waals surface area contributed by atoms with Gasteiger partial charge in [0, 0.05) is 0 Å². The SMILES string of the molecule is CC[C@H]1SC2=NC(C)=C(C(=O)OCC(C)C)[C@@H](c3ccc(F)cc3)N2C1=O. The minimum Gasteiger partial charge on any atom is -0.462 e. The number of allylic oxidation sites excluding steroid dienone is 1. The molecule has 1 aromatic rings. The van der Waals surface area contributed by atoms with Crippen molar-refractivity contribution in [2.75, 3.05) is 6.61 Å². The molecule has 3 rings (SSSR count). The second kappa shape index (κ2) is 7.84. The summed E-state index contributed by atoms with van der Waals surface area (Å²) in [7, 11) is 0. The molecule has 1 fully saturated rings. The summed E-state index contributed by atoms with van der Waals surface area (Å²) >= 11 is 1.41. The first-order valence-electron chi connectivity index (χ1n) is 9.05. The summed E-state index contributed by atoms with van der Waals surface area (Å²) in [6, 6.07) is 5.21. The fourth-order valence-corrected chi connectivity index (χ4v) is 4.26. The predicted octanol–water partition coefficient (Wildman–Crippen LogP) is 4.06. The van der Waals surface area contributed by atoms with Crippen LogP contribution in [-0.2, 0) is 14.3 Å². The molecule has 0 spiro atoms. The summed E-state index contributed by atoms with van der Waals surface area (Å²) in [4.78, 5) is 31.8. The number of halogens is 1. The van der Waals surface area contributed by atoms with E-state index in [1.165, 1.54) is 23.9 Å². The maximum Gasteiger partial charge on any atom is 0.338 e. The highest BCUT2D eigenvalue weighted by atomic mass is 32.2. The zero-order chi connectivity index (χ0) is 19.7. The second-order valence-electron chi connectivity index (χ2n) is 7.06. The topological polar surface area (TPSA) is 59.0 Å². The summed E-state index contributed by atoms with van der Waals surface area (Å²) < 4.78 is 18.9. The van der Waals surface area contributed by atoms with Crippen LogP contribution in [0.15, 0.2) is 40.5 Å². The molecule has 2 aliphatic heterocycles. The molecule has 2 aliphatic rings. The molecule has 1 amide bonds. The highest BCUT2D eigenvalue weighted by Gasteiger charge is 2.47. The summed E-state index contributed by atoms with van der Waals surface area (Å²) in [5.74, 6) is -0.759. The number of amides is 1. The van der Waals surface area contributed by atoms with E-state index in [1.54, 1.807) is 24.0 Å². The van der Waals surface area contributed by atoms with Gasteiger partial charge in [-0.25, -0.2) is 14.2 Å².